The molecule has 0 aliphatic rings. The lowest BCUT2D eigenvalue weighted by molar-refractivity contribution is -0.116. The number of rotatable bonds is 8. The Bertz CT molecular complexity index is 415. The van der Waals surface area contributed by atoms with E-state index < -0.39 is 0 Å². The van der Waals surface area contributed by atoms with E-state index >= 15 is 0 Å². The maximum atomic E-state index is 12.1. The molecule has 3 N–H and O–H groups in total. The summed E-state index contributed by atoms with van der Waals surface area (Å²) in [6, 6.07) is 7.99. The zero-order valence-electron chi connectivity index (χ0n) is 13.0. The van der Waals surface area contributed by atoms with Crippen molar-refractivity contribution in [1.29, 1.82) is 0 Å². The van der Waals surface area contributed by atoms with Crippen molar-refractivity contribution in [2.24, 2.45) is 17.6 Å². The SMILES string of the molecule is CCc1ccccc1NC(=O)CCC(CCN)C(C)C. The van der Waals surface area contributed by atoms with Crippen LogP contribution in [-0.4, -0.2) is 12.5 Å². The monoisotopic (exact) mass is 276 g/mol. The smallest absolute Gasteiger partial charge is 0.224 e. The standard InChI is InChI=1S/C17H28N2O/c1-4-14-7-5-6-8-16(14)19-17(20)10-9-15(11-12-18)13(2)3/h5-8,13,15H,4,9-12,18H2,1-3H3,(H,19,20). The molecule has 1 rings (SSSR count). The predicted molar refractivity (Wildman–Crippen MR) is 85.7 cm³/mol. The number of anilines is 1. The fraction of sp³-hybridized carbons (Fsp3) is 0.588. The molecular weight excluding hydrogens is 248 g/mol. The van der Waals surface area contributed by atoms with E-state index in [2.05, 4.69) is 32.2 Å². The molecule has 0 spiro atoms. The van der Waals surface area contributed by atoms with Crippen LogP contribution in [0.2, 0.25) is 0 Å². The van der Waals surface area contributed by atoms with Crippen LogP contribution in [0.25, 0.3) is 0 Å². The number of amides is 1. The number of carbonyl (C=O) groups excluding carboxylic acids is 1. The van der Waals surface area contributed by atoms with Gasteiger partial charge in [-0.3, -0.25) is 4.79 Å². The normalized spacial score (nSPS) is 12.4. The van der Waals surface area contributed by atoms with Crippen LogP contribution in [0.3, 0.4) is 0 Å². The molecule has 3 nitrogen and oxygen atoms in total. The summed E-state index contributed by atoms with van der Waals surface area (Å²) < 4.78 is 0. The summed E-state index contributed by atoms with van der Waals surface area (Å²) in [6.07, 6.45) is 3.41. The van der Waals surface area contributed by atoms with Crippen molar-refractivity contribution in [3.05, 3.63) is 29.8 Å². The van der Waals surface area contributed by atoms with Crippen LogP contribution in [-0.2, 0) is 11.2 Å². The van der Waals surface area contributed by atoms with E-state index in [0.29, 0.717) is 24.8 Å². The lowest BCUT2D eigenvalue weighted by atomic mass is 9.88. The summed E-state index contributed by atoms with van der Waals surface area (Å²) in [5.74, 6) is 1.22. The van der Waals surface area contributed by atoms with Crippen molar-refractivity contribution in [3.63, 3.8) is 0 Å². The molecule has 20 heavy (non-hydrogen) atoms. The molecular formula is C17H28N2O. The highest BCUT2D eigenvalue weighted by Gasteiger charge is 2.14. The predicted octanol–water partition coefficient (Wildman–Crippen LogP) is 3.59. The number of carbonyl (C=O) groups is 1. The van der Waals surface area contributed by atoms with E-state index in [1.165, 1.54) is 5.56 Å². The van der Waals surface area contributed by atoms with Gasteiger partial charge in [0.05, 0.1) is 0 Å². The van der Waals surface area contributed by atoms with Crippen LogP contribution in [0, 0.1) is 11.8 Å². The maximum absolute atomic E-state index is 12.1. The highest BCUT2D eigenvalue weighted by atomic mass is 16.1. The molecule has 0 aliphatic carbocycles. The zero-order chi connectivity index (χ0) is 15.0. The summed E-state index contributed by atoms with van der Waals surface area (Å²) in [4.78, 5) is 12.1. The Hall–Kier alpha value is -1.35. The number of benzene rings is 1. The largest absolute Gasteiger partial charge is 0.330 e. The van der Waals surface area contributed by atoms with Gasteiger partial charge in [-0.1, -0.05) is 39.0 Å². The van der Waals surface area contributed by atoms with Gasteiger partial charge in [0.1, 0.15) is 0 Å². The van der Waals surface area contributed by atoms with Crippen LogP contribution >= 0.6 is 0 Å². The van der Waals surface area contributed by atoms with Crippen LogP contribution < -0.4 is 11.1 Å². The van der Waals surface area contributed by atoms with Gasteiger partial charge in [0.25, 0.3) is 0 Å². The van der Waals surface area contributed by atoms with Crippen molar-refractivity contribution < 1.29 is 4.79 Å². The summed E-state index contributed by atoms with van der Waals surface area (Å²) in [5.41, 5.74) is 7.76. The number of para-hydroxylation sites is 1. The van der Waals surface area contributed by atoms with Crippen LogP contribution in [0.1, 0.15) is 45.6 Å². The maximum Gasteiger partial charge on any atom is 0.224 e. The first-order valence-corrected chi connectivity index (χ1v) is 7.66. The molecule has 1 unspecified atom stereocenters. The van der Waals surface area contributed by atoms with E-state index in [-0.39, 0.29) is 5.91 Å². The first-order chi connectivity index (χ1) is 9.58. The molecule has 1 aromatic rings. The minimum Gasteiger partial charge on any atom is -0.330 e. The third-order valence-corrected chi connectivity index (χ3v) is 3.89. The van der Waals surface area contributed by atoms with E-state index in [1.54, 1.807) is 0 Å². The number of nitrogens with one attached hydrogen (secondary N) is 1. The fourth-order valence-corrected chi connectivity index (χ4v) is 2.50. The van der Waals surface area contributed by atoms with Gasteiger partial charge in [-0.25, -0.2) is 0 Å². The van der Waals surface area contributed by atoms with Crippen LogP contribution in [0.5, 0.6) is 0 Å². The zero-order valence-corrected chi connectivity index (χ0v) is 13.0. The third-order valence-electron chi connectivity index (χ3n) is 3.89. The van der Waals surface area contributed by atoms with Gasteiger partial charge in [0, 0.05) is 12.1 Å². The lowest BCUT2D eigenvalue weighted by Gasteiger charge is -2.19. The molecule has 0 saturated heterocycles. The molecule has 0 radical (unpaired) electrons. The second kappa shape index (κ2) is 8.75. The molecule has 1 amide bonds. The van der Waals surface area contributed by atoms with Crippen molar-refractivity contribution in [2.45, 2.75) is 46.5 Å². The highest BCUT2D eigenvalue weighted by molar-refractivity contribution is 5.91. The second-order valence-corrected chi connectivity index (χ2v) is 5.68. The van der Waals surface area contributed by atoms with Crippen molar-refractivity contribution in [3.8, 4) is 0 Å². The molecule has 1 aromatic carbocycles. The van der Waals surface area contributed by atoms with Gasteiger partial charge in [0.15, 0.2) is 0 Å². The summed E-state index contributed by atoms with van der Waals surface area (Å²) in [5, 5.41) is 3.03. The number of nitrogens with two attached hydrogens (primary N) is 1. The van der Waals surface area contributed by atoms with Gasteiger partial charge in [0.2, 0.25) is 5.91 Å². The molecule has 0 fully saturated rings. The second-order valence-electron chi connectivity index (χ2n) is 5.68. The quantitative estimate of drug-likeness (QED) is 0.762. The first kappa shape index (κ1) is 16.7. The Labute approximate surface area is 122 Å². The van der Waals surface area contributed by atoms with Crippen molar-refractivity contribution >= 4 is 11.6 Å². The number of hydrogen-bond donors (Lipinski definition) is 2. The molecule has 0 saturated carbocycles. The third kappa shape index (κ3) is 5.33. The Balaban J connectivity index is 2.51. The van der Waals surface area contributed by atoms with E-state index in [9.17, 15) is 4.79 Å². The van der Waals surface area contributed by atoms with E-state index in [4.69, 9.17) is 5.73 Å². The Morgan fingerprint density at radius 2 is 1.95 bits per heavy atom. The van der Waals surface area contributed by atoms with Crippen molar-refractivity contribution in [1.82, 2.24) is 0 Å². The van der Waals surface area contributed by atoms with Crippen molar-refractivity contribution in [2.75, 3.05) is 11.9 Å². The minimum absolute atomic E-state index is 0.105. The Kier molecular flexibility index (Phi) is 7.31. The highest BCUT2D eigenvalue weighted by Crippen LogP contribution is 2.21. The topological polar surface area (TPSA) is 55.1 Å². The van der Waals surface area contributed by atoms with Gasteiger partial charge in [-0.2, -0.15) is 0 Å². The van der Waals surface area contributed by atoms with Crippen LogP contribution in [0.15, 0.2) is 24.3 Å². The van der Waals surface area contributed by atoms with E-state index in [1.807, 2.05) is 18.2 Å². The summed E-state index contributed by atoms with van der Waals surface area (Å²) in [6.45, 7) is 7.19. The Morgan fingerprint density at radius 3 is 2.55 bits per heavy atom. The molecule has 0 aromatic heterocycles. The average Bonchev–Trinajstić information content (AvgIpc) is 2.43. The number of hydrogen-bond acceptors (Lipinski definition) is 2. The number of aryl methyl sites for hydroxylation is 1. The van der Waals surface area contributed by atoms with E-state index in [0.717, 1.165) is 24.9 Å². The minimum atomic E-state index is 0.105. The summed E-state index contributed by atoms with van der Waals surface area (Å²) >= 11 is 0. The Morgan fingerprint density at radius 1 is 1.25 bits per heavy atom. The van der Waals surface area contributed by atoms with Crippen LogP contribution in [0.4, 0.5) is 5.69 Å². The molecule has 1 atom stereocenters. The molecule has 0 aliphatic heterocycles. The lowest BCUT2D eigenvalue weighted by Crippen LogP contribution is -2.18. The molecule has 0 heterocycles. The molecule has 3 heteroatoms. The average molecular weight is 276 g/mol. The molecule has 112 valence electrons. The summed E-state index contributed by atoms with van der Waals surface area (Å²) in [7, 11) is 0. The van der Waals surface area contributed by atoms with Gasteiger partial charge < -0.3 is 11.1 Å². The molecule has 0 bridgehead atoms. The van der Waals surface area contributed by atoms with Gasteiger partial charge in [-0.05, 0) is 49.3 Å². The first-order valence-electron chi connectivity index (χ1n) is 7.66. The fourth-order valence-electron chi connectivity index (χ4n) is 2.50. The van der Waals surface area contributed by atoms with Gasteiger partial charge in [-0.15, -0.1) is 0 Å². The van der Waals surface area contributed by atoms with Gasteiger partial charge >= 0.3 is 0 Å².